The lowest BCUT2D eigenvalue weighted by atomic mass is 9.85. The summed E-state index contributed by atoms with van der Waals surface area (Å²) in [6, 6.07) is 13.1. The number of hydrogen-bond acceptors (Lipinski definition) is 4. The van der Waals surface area contributed by atoms with E-state index >= 15 is 0 Å². The lowest BCUT2D eigenvalue weighted by Crippen LogP contribution is -2.41. The van der Waals surface area contributed by atoms with Gasteiger partial charge >= 0.3 is 0 Å². The third-order valence-corrected chi connectivity index (χ3v) is 5.77. The van der Waals surface area contributed by atoms with Crippen LogP contribution < -0.4 is 0 Å². The van der Waals surface area contributed by atoms with E-state index in [0.717, 1.165) is 31.6 Å². The van der Waals surface area contributed by atoms with E-state index in [9.17, 15) is 10.1 Å². The molecule has 1 amide bonds. The second-order valence-corrected chi connectivity index (χ2v) is 7.73. The van der Waals surface area contributed by atoms with Crippen LogP contribution in [0.25, 0.3) is 11.3 Å². The van der Waals surface area contributed by atoms with Gasteiger partial charge < -0.3 is 9.64 Å². The number of aromatic nitrogens is 1. The van der Waals surface area contributed by atoms with E-state index in [2.05, 4.69) is 11.1 Å². The van der Waals surface area contributed by atoms with Gasteiger partial charge in [-0.05, 0) is 55.9 Å². The summed E-state index contributed by atoms with van der Waals surface area (Å²) >= 11 is 0. The molecule has 4 rings (SSSR count). The third-order valence-electron chi connectivity index (χ3n) is 5.77. The molecule has 1 aliphatic carbocycles. The first-order valence-corrected chi connectivity index (χ1v) is 10.1. The standard InChI is InChI=1S/C23H25N3O2/c24-14-20-6-2-12-25-22(20)18-8-10-19(11-9-18)23(27)26(15-17-4-1-5-17)16-21-7-3-13-28-21/h2,6,8-12,17,21H,1,3-5,7,13,15-16H2/t21-/m0/s1. The number of rotatable bonds is 6. The van der Waals surface area contributed by atoms with E-state index in [1.807, 2.05) is 29.2 Å². The number of ether oxygens (including phenoxy) is 1. The Morgan fingerprint density at radius 1 is 1.14 bits per heavy atom. The zero-order valence-electron chi connectivity index (χ0n) is 16.0. The van der Waals surface area contributed by atoms with Crippen molar-refractivity contribution in [1.82, 2.24) is 9.88 Å². The van der Waals surface area contributed by atoms with Crippen molar-refractivity contribution in [2.45, 2.75) is 38.2 Å². The summed E-state index contributed by atoms with van der Waals surface area (Å²) < 4.78 is 5.77. The van der Waals surface area contributed by atoms with Crippen molar-refractivity contribution in [2.24, 2.45) is 5.92 Å². The highest BCUT2D eigenvalue weighted by Gasteiger charge is 2.28. The van der Waals surface area contributed by atoms with Gasteiger partial charge in [0.25, 0.3) is 5.91 Å². The van der Waals surface area contributed by atoms with Gasteiger partial charge in [-0.2, -0.15) is 5.26 Å². The summed E-state index contributed by atoms with van der Waals surface area (Å²) in [7, 11) is 0. The van der Waals surface area contributed by atoms with Gasteiger partial charge in [0, 0.05) is 37.0 Å². The van der Waals surface area contributed by atoms with E-state index in [1.165, 1.54) is 19.3 Å². The van der Waals surface area contributed by atoms with Crippen molar-refractivity contribution in [1.29, 1.82) is 5.26 Å². The summed E-state index contributed by atoms with van der Waals surface area (Å²) in [5.74, 6) is 0.687. The van der Waals surface area contributed by atoms with E-state index < -0.39 is 0 Å². The minimum Gasteiger partial charge on any atom is -0.376 e. The van der Waals surface area contributed by atoms with Crippen LogP contribution in [-0.2, 0) is 4.74 Å². The molecule has 1 saturated carbocycles. The zero-order valence-corrected chi connectivity index (χ0v) is 16.0. The van der Waals surface area contributed by atoms with Crippen LogP contribution in [0.5, 0.6) is 0 Å². The number of nitriles is 1. The van der Waals surface area contributed by atoms with Crippen molar-refractivity contribution in [3.8, 4) is 17.3 Å². The quantitative estimate of drug-likeness (QED) is 0.764. The predicted molar refractivity (Wildman–Crippen MR) is 107 cm³/mol. The molecule has 28 heavy (non-hydrogen) atoms. The fourth-order valence-corrected chi connectivity index (χ4v) is 3.94. The third kappa shape index (κ3) is 4.07. The number of pyridine rings is 1. The van der Waals surface area contributed by atoms with Crippen LogP contribution >= 0.6 is 0 Å². The summed E-state index contributed by atoms with van der Waals surface area (Å²) in [5.41, 5.74) is 2.70. The molecular formula is C23H25N3O2. The molecular weight excluding hydrogens is 350 g/mol. The fourth-order valence-electron chi connectivity index (χ4n) is 3.94. The number of carbonyl (C=O) groups excluding carboxylic acids is 1. The maximum atomic E-state index is 13.2. The lowest BCUT2D eigenvalue weighted by molar-refractivity contribution is 0.0448. The van der Waals surface area contributed by atoms with Crippen LogP contribution in [0.3, 0.4) is 0 Å². The van der Waals surface area contributed by atoms with Gasteiger partial charge in [0.15, 0.2) is 0 Å². The predicted octanol–water partition coefficient (Wildman–Crippen LogP) is 4.04. The van der Waals surface area contributed by atoms with Gasteiger partial charge in [0.05, 0.1) is 17.4 Å². The van der Waals surface area contributed by atoms with Gasteiger partial charge in [-0.3, -0.25) is 9.78 Å². The maximum absolute atomic E-state index is 13.2. The van der Waals surface area contributed by atoms with Gasteiger partial charge in [-0.1, -0.05) is 18.6 Å². The SMILES string of the molecule is N#Cc1cccnc1-c1ccc(C(=O)N(CC2CCC2)C[C@@H]2CCCO2)cc1. The molecule has 0 spiro atoms. The van der Waals surface area contributed by atoms with E-state index in [0.29, 0.717) is 29.3 Å². The smallest absolute Gasteiger partial charge is 0.253 e. The summed E-state index contributed by atoms with van der Waals surface area (Å²) in [5, 5.41) is 9.28. The van der Waals surface area contributed by atoms with Crippen LogP contribution in [0.1, 0.15) is 48.0 Å². The molecule has 1 atom stereocenters. The van der Waals surface area contributed by atoms with Crippen LogP contribution in [0.4, 0.5) is 0 Å². The van der Waals surface area contributed by atoms with E-state index in [-0.39, 0.29) is 12.0 Å². The largest absolute Gasteiger partial charge is 0.376 e. The van der Waals surface area contributed by atoms with Crippen LogP contribution in [0.15, 0.2) is 42.6 Å². The Morgan fingerprint density at radius 3 is 2.61 bits per heavy atom. The Labute approximate surface area is 166 Å². The molecule has 1 aromatic heterocycles. The fraction of sp³-hybridized carbons (Fsp3) is 0.435. The minimum atomic E-state index is 0.0653. The first-order valence-electron chi connectivity index (χ1n) is 10.1. The van der Waals surface area contributed by atoms with Crippen molar-refractivity contribution in [2.75, 3.05) is 19.7 Å². The number of hydrogen-bond donors (Lipinski definition) is 0. The number of nitrogens with zero attached hydrogens (tertiary/aromatic N) is 3. The highest BCUT2D eigenvalue weighted by Crippen LogP contribution is 2.29. The Kier molecular flexibility index (Phi) is 5.68. The molecule has 0 N–H and O–H groups in total. The minimum absolute atomic E-state index is 0.0653. The molecule has 1 saturated heterocycles. The van der Waals surface area contributed by atoms with Crippen molar-refractivity contribution in [3.05, 3.63) is 53.7 Å². The Bertz CT molecular complexity index is 862. The van der Waals surface area contributed by atoms with Crippen LogP contribution in [-0.4, -0.2) is 41.6 Å². The molecule has 0 radical (unpaired) electrons. The van der Waals surface area contributed by atoms with E-state index in [4.69, 9.17) is 4.74 Å². The van der Waals surface area contributed by atoms with Crippen LogP contribution in [0.2, 0.25) is 0 Å². The molecule has 1 aromatic carbocycles. The van der Waals surface area contributed by atoms with Gasteiger partial charge in [-0.15, -0.1) is 0 Å². The van der Waals surface area contributed by atoms with Crippen LogP contribution in [0, 0.1) is 17.2 Å². The first-order chi connectivity index (χ1) is 13.7. The molecule has 144 valence electrons. The molecule has 0 bridgehead atoms. The number of carbonyl (C=O) groups is 1. The van der Waals surface area contributed by atoms with Gasteiger partial charge in [0.1, 0.15) is 6.07 Å². The molecule has 2 aromatic rings. The molecule has 1 aliphatic heterocycles. The molecule has 5 nitrogen and oxygen atoms in total. The van der Waals surface area contributed by atoms with Gasteiger partial charge in [0.2, 0.25) is 0 Å². The molecule has 5 heteroatoms. The molecule has 2 heterocycles. The molecule has 2 fully saturated rings. The summed E-state index contributed by atoms with van der Waals surface area (Å²) in [4.78, 5) is 19.5. The van der Waals surface area contributed by atoms with Crippen molar-refractivity contribution < 1.29 is 9.53 Å². The zero-order chi connectivity index (χ0) is 19.3. The highest BCUT2D eigenvalue weighted by molar-refractivity contribution is 5.94. The Hall–Kier alpha value is -2.71. The monoisotopic (exact) mass is 375 g/mol. The Balaban J connectivity index is 1.52. The normalized spacial score (nSPS) is 19.0. The average molecular weight is 375 g/mol. The van der Waals surface area contributed by atoms with Gasteiger partial charge in [-0.25, -0.2) is 0 Å². The van der Waals surface area contributed by atoms with E-state index in [1.54, 1.807) is 18.3 Å². The first kappa shape index (κ1) is 18.6. The second-order valence-electron chi connectivity index (χ2n) is 7.73. The number of benzene rings is 1. The summed E-state index contributed by atoms with van der Waals surface area (Å²) in [6.07, 6.45) is 7.65. The maximum Gasteiger partial charge on any atom is 0.253 e. The molecule has 0 unspecified atom stereocenters. The average Bonchev–Trinajstić information content (AvgIpc) is 3.22. The number of amides is 1. The Morgan fingerprint density at radius 2 is 1.96 bits per heavy atom. The molecule has 2 aliphatic rings. The summed E-state index contributed by atoms with van der Waals surface area (Å²) in [6.45, 7) is 2.30. The highest BCUT2D eigenvalue weighted by atomic mass is 16.5. The van der Waals surface area contributed by atoms with Crippen molar-refractivity contribution in [3.63, 3.8) is 0 Å². The second kappa shape index (κ2) is 8.53. The lowest BCUT2D eigenvalue weighted by Gasteiger charge is -2.33. The van der Waals surface area contributed by atoms with Crippen molar-refractivity contribution >= 4 is 5.91 Å². The topological polar surface area (TPSA) is 66.2 Å².